The topological polar surface area (TPSA) is 128 Å². The average molecular weight is 403 g/mol. The van der Waals surface area contributed by atoms with Crippen molar-refractivity contribution in [2.45, 2.75) is 38.5 Å². The highest BCUT2D eigenvalue weighted by Gasteiger charge is 2.30. The van der Waals surface area contributed by atoms with Crippen LogP contribution >= 0.6 is 0 Å². The molecule has 2 heterocycles. The summed E-state index contributed by atoms with van der Waals surface area (Å²) in [7, 11) is 0. The van der Waals surface area contributed by atoms with Crippen LogP contribution in [-0.2, 0) is 9.47 Å². The van der Waals surface area contributed by atoms with Crippen LogP contribution in [0.25, 0.3) is 0 Å². The van der Waals surface area contributed by atoms with Crippen LogP contribution in [-0.4, -0.2) is 40.7 Å². The lowest BCUT2D eigenvalue weighted by atomic mass is 10.1. The summed E-state index contributed by atoms with van der Waals surface area (Å²) in [5.41, 5.74) is 6.01. The third-order valence-corrected chi connectivity index (χ3v) is 4.17. The Morgan fingerprint density at radius 1 is 1.31 bits per heavy atom. The van der Waals surface area contributed by atoms with Gasteiger partial charge < -0.3 is 25.8 Å². The Hall–Kier alpha value is -3.27. The molecule has 0 radical (unpaired) electrons. The molecule has 9 nitrogen and oxygen atoms in total. The average Bonchev–Trinajstić information content (AvgIpc) is 3.09. The number of benzene rings is 1. The second kappa shape index (κ2) is 8.82. The van der Waals surface area contributed by atoms with Gasteiger partial charge in [0.2, 0.25) is 5.95 Å². The zero-order valence-electron chi connectivity index (χ0n) is 16.0. The Morgan fingerprint density at radius 2 is 2.03 bits per heavy atom. The van der Waals surface area contributed by atoms with Crippen LogP contribution in [0.4, 0.5) is 20.8 Å². The van der Waals surface area contributed by atoms with E-state index in [9.17, 15) is 14.0 Å². The summed E-state index contributed by atoms with van der Waals surface area (Å²) in [5.74, 6) is -1.32. The van der Waals surface area contributed by atoms with Crippen molar-refractivity contribution in [3.8, 4) is 0 Å². The number of nitrogens with two attached hydrogens (primary N) is 1. The number of hydrogen-bond acceptors (Lipinski definition) is 7. The quantitative estimate of drug-likeness (QED) is 0.675. The van der Waals surface area contributed by atoms with Crippen molar-refractivity contribution < 1.29 is 23.5 Å². The number of nitrogens with one attached hydrogen (secondary N) is 2. The van der Waals surface area contributed by atoms with Gasteiger partial charge in [-0.3, -0.25) is 4.79 Å². The van der Waals surface area contributed by atoms with E-state index in [0.29, 0.717) is 18.7 Å². The fraction of sp³-hybridized carbons (Fsp3) is 0.368. The number of amides is 2. The highest BCUT2D eigenvalue weighted by Crippen LogP contribution is 2.30. The minimum Gasteiger partial charge on any atom is -0.444 e. The van der Waals surface area contributed by atoms with Crippen molar-refractivity contribution in [3.63, 3.8) is 0 Å². The first-order chi connectivity index (χ1) is 13.8. The van der Waals surface area contributed by atoms with Gasteiger partial charge in [-0.1, -0.05) is 0 Å². The van der Waals surface area contributed by atoms with Crippen LogP contribution < -0.4 is 16.4 Å². The molecule has 154 valence electrons. The summed E-state index contributed by atoms with van der Waals surface area (Å²) >= 11 is 0. The summed E-state index contributed by atoms with van der Waals surface area (Å²) in [4.78, 5) is 31.1. The summed E-state index contributed by atoms with van der Waals surface area (Å²) in [6.45, 7) is 3.99. The van der Waals surface area contributed by atoms with Gasteiger partial charge in [-0.05, 0) is 32.0 Å². The molecular weight excluding hydrogens is 381 g/mol. The summed E-state index contributed by atoms with van der Waals surface area (Å²) in [6, 6.07) is 3.93. The molecule has 1 saturated heterocycles. The number of primary amides is 1. The Morgan fingerprint density at radius 3 is 2.66 bits per heavy atom. The Kier molecular flexibility index (Phi) is 6.23. The molecule has 10 heteroatoms. The molecule has 2 atom stereocenters. The van der Waals surface area contributed by atoms with Crippen LogP contribution in [0.2, 0.25) is 0 Å². The number of carbonyl (C=O) groups is 2. The van der Waals surface area contributed by atoms with Crippen molar-refractivity contribution in [3.05, 3.63) is 47.5 Å². The number of anilines is 2. The van der Waals surface area contributed by atoms with E-state index in [1.165, 1.54) is 12.1 Å². The number of alkyl carbamates (subject to hydrolysis) is 1. The SMILES string of the molecule is CC(C)NC(=O)O[C@@H]1CO[C@H](c2cnc(Nc3ccc(C(N)=O)c(F)c3)nc2)C1. The maximum Gasteiger partial charge on any atom is 0.407 e. The molecule has 0 spiro atoms. The maximum absolute atomic E-state index is 13.8. The van der Waals surface area contributed by atoms with Crippen molar-refractivity contribution in [2.24, 2.45) is 5.73 Å². The molecule has 2 amide bonds. The van der Waals surface area contributed by atoms with Crippen LogP contribution in [0.15, 0.2) is 30.6 Å². The predicted octanol–water partition coefficient (Wildman–Crippen LogP) is 2.42. The number of rotatable bonds is 6. The first kappa shape index (κ1) is 20.5. The van der Waals surface area contributed by atoms with Gasteiger partial charge in [-0.15, -0.1) is 0 Å². The zero-order chi connectivity index (χ0) is 21.0. The van der Waals surface area contributed by atoms with E-state index in [0.717, 1.165) is 11.6 Å². The molecule has 0 aliphatic carbocycles. The standard InChI is InChI=1S/C19H22FN5O4/c1-10(2)24-19(27)29-13-6-16(28-9-13)11-7-22-18(23-8-11)25-12-3-4-14(17(21)26)15(20)5-12/h3-5,7-8,10,13,16H,6,9H2,1-2H3,(H2,21,26)(H,24,27)(H,22,23,25)/t13-,16-/m0/s1. The number of halogens is 1. The van der Waals surface area contributed by atoms with E-state index < -0.39 is 17.8 Å². The lowest BCUT2D eigenvalue weighted by Crippen LogP contribution is -2.33. The van der Waals surface area contributed by atoms with E-state index in [1.54, 1.807) is 12.4 Å². The first-order valence-electron chi connectivity index (χ1n) is 9.09. The number of aromatic nitrogens is 2. The molecule has 2 aromatic rings. The predicted molar refractivity (Wildman–Crippen MR) is 102 cm³/mol. The zero-order valence-corrected chi connectivity index (χ0v) is 16.0. The monoisotopic (exact) mass is 403 g/mol. The van der Waals surface area contributed by atoms with E-state index in [4.69, 9.17) is 15.2 Å². The summed E-state index contributed by atoms with van der Waals surface area (Å²) in [6.07, 6.45) is 2.58. The minimum absolute atomic E-state index is 0.00506. The Bertz CT molecular complexity index is 891. The molecule has 4 N–H and O–H groups in total. The van der Waals surface area contributed by atoms with Crippen molar-refractivity contribution >= 4 is 23.6 Å². The van der Waals surface area contributed by atoms with Crippen LogP contribution in [0, 0.1) is 5.82 Å². The lowest BCUT2D eigenvalue weighted by Gasteiger charge is -2.13. The van der Waals surface area contributed by atoms with Gasteiger partial charge in [0.05, 0.1) is 18.3 Å². The minimum atomic E-state index is -0.838. The number of nitrogens with zero attached hydrogens (tertiary/aromatic N) is 2. The third kappa shape index (κ3) is 5.38. The van der Waals surface area contributed by atoms with E-state index in [1.807, 2.05) is 13.8 Å². The maximum atomic E-state index is 13.8. The first-order valence-corrected chi connectivity index (χ1v) is 9.09. The lowest BCUT2D eigenvalue weighted by molar-refractivity contribution is 0.0690. The molecule has 1 fully saturated rings. The van der Waals surface area contributed by atoms with E-state index in [-0.39, 0.29) is 29.8 Å². The van der Waals surface area contributed by atoms with Gasteiger partial charge in [-0.25, -0.2) is 19.2 Å². The molecule has 29 heavy (non-hydrogen) atoms. The van der Waals surface area contributed by atoms with Crippen LogP contribution in [0.5, 0.6) is 0 Å². The molecule has 1 aromatic carbocycles. The molecular formula is C19H22FN5O4. The highest BCUT2D eigenvalue weighted by atomic mass is 19.1. The third-order valence-electron chi connectivity index (χ3n) is 4.17. The molecule has 3 rings (SSSR count). The molecule has 1 aliphatic rings. The van der Waals surface area contributed by atoms with Crippen LogP contribution in [0.1, 0.15) is 42.3 Å². The Balaban J connectivity index is 1.57. The smallest absolute Gasteiger partial charge is 0.407 e. The summed E-state index contributed by atoms with van der Waals surface area (Å²) < 4.78 is 24.8. The van der Waals surface area contributed by atoms with Crippen molar-refractivity contribution in [1.29, 1.82) is 0 Å². The number of ether oxygens (including phenoxy) is 2. The van der Waals surface area contributed by atoms with Crippen molar-refractivity contribution in [1.82, 2.24) is 15.3 Å². The van der Waals surface area contributed by atoms with E-state index in [2.05, 4.69) is 20.6 Å². The van der Waals surface area contributed by atoms with Gasteiger partial charge in [0.15, 0.2) is 0 Å². The normalized spacial score (nSPS) is 18.5. The van der Waals surface area contributed by atoms with Gasteiger partial charge in [0.1, 0.15) is 11.9 Å². The Labute approximate surface area is 166 Å². The largest absolute Gasteiger partial charge is 0.444 e. The fourth-order valence-electron chi connectivity index (χ4n) is 2.82. The van der Waals surface area contributed by atoms with Gasteiger partial charge in [0, 0.05) is 36.1 Å². The fourth-order valence-corrected chi connectivity index (χ4v) is 2.82. The number of hydrogen-bond donors (Lipinski definition) is 3. The van der Waals surface area contributed by atoms with Gasteiger partial charge >= 0.3 is 6.09 Å². The molecule has 1 aromatic heterocycles. The van der Waals surface area contributed by atoms with Crippen molar-refractivity contribution in [2.75, 3.05) is 11.9 Å². The van der Waals surface area contributed by atoms with Gasteiger partial charge in [0.25, 0.3) is 5.91 Å². The summed E-state index contributed by atoms with van der Waals surface area (Å²) in [5, 5.41) is 5.52. The molecule has 0 saturated carbocycles. The second-order valence-corrected chi connectivity index (χ2v) is 6.91. The molecule has 1 aliphatic heterocycles. The van der Waals surface area contributed by atoms with E-state index >= 15 is 0 Å². The number of carbonyl (C=O) groups excluding carboxylic acids is 2. The highest BCUT2D eigenvalue weighted by molar-refractivity contribution is 5.93. The van der Waals surface area contributed by atoms with Crippen LogP contribution in [0.3, 0.4) is 0 Å². The second-order valence-electron chi connectivity index (χ2n) is 6.91. The van der Waals surface area contributed by atoms with Gasteiger partial charge in [-0.2, -0.15) is 0 Å². The molecule has 0 unspecified atom stereocenters. The molecule has 0 bridgehead atoms.